The zero-order valence-corrected chi connectivity index (χ0v) is 27.0. The monoisotopic (exact) mass is 631 g/mol. The summed E-state index contributed by atoms with van der Waals surface area (Å²) < 4.78 is 29.2. The van der Waals surface area contributed by atoms with Crippen molar-refractivity contribution in [3.63, 3.8) is 0 Å². The van der Waals surface area contributed by atoms with Crippen LogP contribution in [0.1, 0.15) is 36.1 Å². The number of nitrogens with zero attached hydrogens (tertiary/aromatic N) is 2. The van der Waals surface area contributed by atoms with Crippen LogP contribution in [0.2, 0.25) is 5.02 Å². The molecule has 0 saturated heterocycles. The number of rotatable bonds is 12. The molecule has 0 saturated carbocycles. The summed E-state index contributed by atoms with van der Waals surface area (Å²) in [6, 6.07) is 28.9. The highest BCUT2D eigenvalue weighted by atomic mass is 35.5. The molecule has 0 fully saturated rings. The number of anilines is 1. The van der Waals surface area contributed by atoms with Crippen LogP contribution in [0.5, 0.6) is 0 Å². The first-order valence-corrected chi connectivity index (χ1v) is 16.3. The fraction of sp³-hybridized carbons (Fsp3) is 0.257. The predicted molar refractivity (Wildman–Crippen MR) is 176 cm³/mol. The third kappa shape index (κ3) is 8.49. The molecule has 0 aliphatic heterocycles. The molecule has 4 aromatic rings. The van der Waals surface area contributed by atoms with E-state index in [0.29, 0.717) is 10.7 Å². The lowest BCUT2D eigenvalue weighted by Crippen LogP contribution is -2.54. The molecule has 7 nitrogen and oxygen atoms in total. The average molecular weight is 632 g/mol. The molecule has 1 unspecified atom stereocenters. The average Bonchev–Trinajstić information content (AvgIpc) is 2.98. The molecule has 0 spiro atoms. The maximum atomic E-state index is 14.5. The van der Waals surface area contributed by atoms with Crippen molar-refractivity contribution in [1.82, 2.24) is 10.2 Å². The van der Waals surface area contributed by atoms with Crippen LogP contribution in [0.15, 0.2) is 108 Å². The first-order valence-electron chi connectivity index (χ1n) is 14.5. The Morgan fingerprint density at radius 1 is 0.795 bits per heavy atom. The molecule has 4 rings (SSSR count). The summed E-state index contributed by atoms with van der Waals surface area (Å²) in [5, 5.41) is 3.37. The Bertz CT molecular complexity index is 1680. The Morgan fingerprint density at radius 2 is 1.43 bits per heavy atom. The summed E-state index contributed by atoms with van der Waals surface area (Å²) in [5.41, 5.74) is 3.99. The number of carbonyl (C=O) groups is 2. The molecule has 1 atom stereocenters. The summed E-state index contributed by atoms with van der Waals surface area (Å²) in [4.78, 5) is 29.7. The number of aryl methyl sites for hydroxylation is 2. The number of nitrogens with one attached hydrogen (secondary N) is 1. The van der Waals surface area contributed by atoms with E-state index in [1.54, 1.807) is 24.3 Å². The van der Waals surface area contributed by atoms with E-state index in [-0.39, 0.29) is 29.8 Å². The number of sulfonamides is 1. The van der Waals surface area contributed by atoms with Gasteiger partial charge in [-0.15, -0.1) is 0 Å². The Kier molecular flexibility index (Phi) is 10.8. The standard InChI is InChI=1S/C35H38ClN3O4S/c1-25(2)37-35(41)33(22-28-10-6-5-7-11-28)38(23-29-12-8-9-27(4)21-29)34(40)24-39(31-17-13-26(3)14-18-31)44(42,43)32-19-15-30(36)16-20-32/h5-21,25,33H,22-24H2,1-4H3,(H,37,41). The van der Waals surface area contributed by atoms with Gasteiger partial charge in [-0.1, -0.05) is 89.5 Å². The molecule has 1 N–H and O–H groups in total. The van der Waals surface area contributed by atoms with Gasteiger partial charge < -0.3 is 10.2 Å². The van der Waals surface area contributed by atoms with E-state index in [0.717, 1.165) is 26.6 Å². The minimum absolute atomic E-state index is 0.00102. The van der Waals surface area contributed by atoms with Crippen molar-refractivity contribution in [3.05, 3.63) is 130 Å². The van der Waals surface area contributed by atoms with Gasteiger partial charge >= 0.3 is 0 Å². The molecule has 0 heterocycles. The fourth-order valence-electron chi connectivity index (χ4n) is 4.92. The van der Waals surface area contributed by atoms with E-state index in [1.807, 2.05) is 82.3 Å². The lowest BCUT2D eigenvalue weighted by Gasteiger charge is -2.34. The molecule has 0 aliphatic carbocycles. The second-order valence-electron chi connectivity index (χ2n) is 11.2. The van der Waals surface area contributed by atoms with Crippen LogP contribution in [-0.2, 0) is 32.6 Å². The van der Waals surface area contributed by atoms with Crippen LogP contribution in [0.4, 0.5) is 5.69 Å². The van der Waals surface area contributed by atoms with Crippen LogP contribution >= 0.6 is 11.6 Å². The zero-order valence-electron chi connectivity index (χ0n) is 25.4. The number of hydrogen-bond donors (Lipinski definition) is 1. The normalized spacial score (nSPS) is 12.0. The van der Waals surface area contributed by atoms with Gasteiger partial charge in [0.2, 0.25) is 11.8 Å². The number of halogens is 1. The third-order valence-electron chi connectivity index (χ3n) is 7.14. The van der Waals surface area contributed by atoms with Crippen molar-refractivity contribution < 1.29 is 18.0 Å². The van der Waals surface area contributed by atoms with Crippen molar-refractivity contribution in [1.29, 1.82) is 0 Å². The molecule has 4 aromatic carbocycles. The Labute approximate surface area is 265 Å². The van der Waals surface area contributed by atoms with Crippen molar-refractivity contribution in [2.24, 2.45) is 0 Å². The smallest absolute Gasteiger partial charge is 0.264 e. The van der Waals surface area contributed by atoms with Gasteiger partial charge in [0, 0.05) is 24.0 Å². The molecule has 230 valence electrons. The minimum atomic E-state index is -4.19. The van der Waals surface area contributed by atoms with Crippen molar-refractivity contribution in [3.8, 4) is 0 Å². The largest absolute Gasteiger partial charge is 0.352 e. The molecule has 0 aromatic heterocycles. The van der Waals surface area contributed by atoms with Gasteiger partial charge in [-0.3, -0.25) is 13.9 Å². The van der Waals surface area contributed by atoms with Crippen molar-refractivity contribution in [2.45, 2.75) is 57.6 Å². The number of carbonyl (C=O) groups excluding carboxylic acids is 2. The van der Waals surface area contributed by atoms with Crippen molar-refractivity contribution >= 4 is 39.1 Å². The molecular weight excluding hydrogens is 594 g/mol. The highest BCUT2D eigenvalue weighted by Gasteiger charge is 2.34. The van der Waals surface area contributed by atoms with Crippen LogP contribution in [0, 0.1) is 13.8 Å². The van der Waals surface area contributed by atoms with Gasteiger partial charge in [-0.05, 0) is 75.2 Å². The van der Waals surface area contributed by atoms with E-state index < -0.39 is 28.5 Å². The summed E-state index contributed by atoms with van der Waals surface area (Å²) >= 11 is 6.05. The van der Waals surface area contributed by atoms with Crippen LogP contribution < -0.4 is 9.62 Å². The Morgan fingerprint density at radius 3 is 2.05 bits per heavy atom. The second-order valence-corrected chi connectivity index (χ2v) is 13.5. The predicted octanol–water partition coefficient (Wildman–Crippen LogP) is 6.32. The lowest BCUT2D eigenvalue weighted by molar-refractivity contribution is -0.140. The number of amides is 2. The molecule has 0 aliphatic rings. The maximum absolute atomic E-state index is 14.5. The van der Waals surface area contributed by atoms with Gasteiger partial charge in [-0.25, -0.2) is 8.42 Å². The van der Waals surface area contributed by atoms with Crippen LogP contribution in [-0.4, -0.2) is 43.8 Å². The number of benzene rings is 4. The topological polar surface area (TPSA) is 86.8 Å². The highest BCUT2D eigenvalue weighted by Crippen LogP contribution is 2.26. The molecule has 9 heteroatoms. The first-order chi connectivity index (χ1) is 20.9. The van der Waals surface area contributed by atoms with Gasteiger partial charge in [0.25, 0.3) is 10.0 Å². The van der Waals surface area contributed by atoms with Crippen LogP contribution in [0.3, 0.4) is 0 Å². The minimum Gasteiger partial charge on any atom is -0.352 e. The van der Waals surface area contributed by atoms with Gasteiger partial charge in [0.1, 0.15) is 12.6 Å². The summed E-state index contributed by atoms with van der Waals surface area (Å²) in [7, 11) is -4.19. The van der Waals surface area contributed by atoms with E-state index in [1.165, 1.54) is 29.2 Å². The summed E-state index contributed by atoms with van der Waals surface area (Å²) in [6.07, 6.45) is 0.255. The van der Waals surface area contributed by atoms with E-state index in [9.17, 15) is 18.0 Å². The fourth-order valence-corrected chi connectivity index (χ4v) is 6.46. The van der Waals surface area contributed by atoms with E-state index in [2.05, 4.69) is 5.32 Å². The lowest BCUT2D eigenvalue weighted by atomic mass is 10.0. The molecular formula is C35H38ClN3O4S. The third-order valence-corrected chi connectivity index (χ3v) is 9.18. The molecule has 44 heavy (non-hydrogen) atoms. The number of hydrogen-bond acceptors (Lipinski definition) is 4. The molecule has 0 bridgehead atoms. The SMILES string of the molecule is Cc1ccc(N(CC(=O)N(Cc2cccc(C)c2)C(Cc2ccccc2)C(=O)NC(C)C)S(=O)(=O)c2ccc(Cl)cc2)cc1. The quantitative estimate of drug-likeness (QED) is 0.198. The Balaban J connectivity index is 1.80. The molecule has 0 radical (unpaired) electrons. The first kappa shape index (κ1) is 32.8. The zero-order chi connectivity index (χ0) is 31.9. The second kappa shape index (κ2) is 14.6. The van der Waals surface area contributed by atoms with Crippen molar-refractivity contribution in [2.75, 3.05) is 10.8 Å². The van der Waals surface area contributed by atoms with E-state index in [4.69, 9.17) is 11.6 Å². The van der Waals surface area contributed by atoms with Gasteiger partial charge in [0.15, 0.2) is 0 Å². The highest BCUT2D eigenvalue weighted by molar-refractivity contribution is 7.92. The van der Waals surface area contributed by atoms with Crippen LogP contribution in [0.25, 0.3) is 0 Å². The van der Waals surface area contributed by atoms with E-state index >= 15 is 0 Å². The van der Waals surface area contributed by atoms with Gasteiger partial charge in [0.05, 0.1) is 10.6 Å². The molecule has 2 amide bonds. The Hall–Kier alpha value is -4.14. The summed E-state index contributed by atoms with van der Waals surface area (Å²) in [5.74, 6) is -0.822. The van der Waals surface area contributed by atoms with Gasteiger partial charge in [-0.2, -0.15) is 0 Å². The maximum Gasteiger partial charge on any atom is 0.264 e. The summed E-state index contributed by atoms with van der Waals surface area (Å²) in [6.45, 7) is 7.19.